The van der Waals surface area contributed by atoms with Crippen molar-refractivity contribution in [2.24, 2.45) is 0 Å². The van der Waals surface area contributed by atoms with Crippen LogP contribution in [0.4, 0.5) is 22.0 Å². The number of nitriles is 1. The van der Waals surface area contributed by atoms with Crippen molar-refractivity contribution in [1.82, 2.24) is 0 Å². The molecular formula is C11H6F5NO3. The molecule has 0 aliphatic heterocycles. The minimum atomic E-state index is -5.19. The van der Waals surface area contributed by atoms with Gasteiger partial charge in [0.25, 0.3) is 6.43 Å². The molecule has 0 N–H and O–H groups in total. The van der Waals surface area contributed by atoms with Crippen molar-refractivity contribution in [3.8, 4) is 11.8 Å². The predicted molar refractivity (Wildman–Crippen MR) is 54.1 cm³/mol. The summed E-state index contributed by atoms with van der Waals surface area (Å²) in [5, 5.41) is 8.71. The van der Waals surface area contributed by atoms with Gasteiger partial charge in [0.2, 0.25) is 0 Å². The highest BCUT2D eigenvalue weighted by molar-refractivity contribution is 5.93. The van der Waals surface area contributed by atoms with E-state index in [0.717, 1.165) is 7.11 Å². The number of hydrogen-bond donors (Lipinski definition) is 0. The van der Waals surface area contributed by atoms with Gasteiger partial charge in [0.05, 0.1) is 12.7 Å². The molecule has 9 heteroatoms. The summed E-state index contributed by atoms with van der Waals surface area (Å²) in [5.41, 5.74) is -2.55. The third-order valence-corrected chi connectivity index (χ3v) is 2.11. The lowest BCUT2D eigenvalue weighted by molar-refractivity contribution is -0.274. The van der Waals surface area contributed by atoms with E-state index in [1.165, 1.54) is 6.07 Å². The van der Waals surface area contributed by atoms with Crippen molar-refractivity contribution in [3.05, 3.63) is 28.8 Å². The summed E-state index contributed by atoms with van der Waals surface area (Å²) in [5.74, 6) is -2.50. The Morgan fingerprint density at radius 1 is 1.35 bits per heavy atom. The van der Waals surface area contributed by atoms with Crippen molar-refractivity contribution in [2.45, 2.75) is 12.8 Å². The van der Waals surface area contributed by atoms with Gasteiger partial charge in [0.1, 0.15) is 11.6 Å². The van der Waals surface area contributed by atoms with Crippen molar-refractivity contribution in [2.75, 3.05) is 7.11 Å². The van der Waals surface area contributed by atoms with Crippen LogP contribution in [0.25, 0.3) is 0 Å². The zero-order chi connectivity index (χ0) is 15.5. The van der Waals surface area contributed by atoms with Gasteiger partial charge in [-0.15, -0.1) is 13.2 Å². The highest BCUT2D eigenvalue weighted by Gasteiger charge is 2.35. The number of benzene rings is 1. The minimum absolute atomic E-state index is 0.485. The van der Waals surface area contributed by atoms with E-state index in [0.29, 0.717) is 12.1 Å². The normalized spacial score (nSPS) is 11.1. The van der Waals surface area contributed by atoms with Crippen molar-refractivity contribution < 1.29 is 36.2 Å². The highest BCUT2D eigenvalue weighted by atomic mass is 19.4. The van der Waals surface area contributed by atoms with Crippen LogP contribution >= 0.6 is 0 Å². The fraction of sp³-hybridized carbons (Fsp3) is 0.273. The minimum Gasteiger partial charge on any atom is -0.465 e. The number of rotatable bonds is 3. The van der Waals surface area contributed by atoms with Gasteiger partial charge in [-0.25, -0.2) is 13.6 Å². The number of carbonyl (C=O) groups excluding carboxylic acids is 1. The Labute approximate surface area is 109 Å². The van der Waals surface area contributed by atoms with E-state index in [1.807, 2.05) is 0 Å². The molecule has 4 nitrogen and oxygen atoms in total. The molecule has 0 aliphatic rings. The maximum absolute atomic E-state index is 12.6. The SMILES string of the molecule is COC(=O)c1cc(C(F)F)cc(C#N)c1OC(F)(F)F. The monoisotopic (exact) mass is 295 g/mol. The predicted octanol–water partition coefficient (Wildman–Crippen LogP) is 3.18. The Kier molecular flexibility index (Phi) is 4.49. The van der Waals surface area contributed by atoms with Crippen LogP contribution in [0.5, 0.6) is 5.75 Å². The van der Waals surface area contributed by atoms with Crippen molar-refractivity contribution >= 4 is 5.97 Å². The first-order valence-corrected chi connectivity index (χ1v) is 4.90. The lowest BCUT2D eigenvalue weighted by Crippen LogP contribution is -2.20. The number of methoxy groups -OCH3 is 1. The molecule has 0 saturated carbocycles. The van der Waals surface area contributed by atoms with Crippen molar-refractivity contribution in [3.63, 3.8) is 0 Å². The van der Waals surface area contributed by atoms with E-state index in [-0.39, 0.29) is 0 Å². The molecule has 0 atom stereocenters. The van der Waals surface area contributed by atoms with E-state index >= 15 is 0 Å². The second kappa shape index (κ2) is 5.73. The quantitative estimate of drug-likeness (QED) is 0.634. The van der Waals surface area contributed by atoms with Gasteiger partial charge in [0, 0.05) is 5.56 Å². The van der Waals surface area contributed by atoms with Crippen LogP contribution in [0.3, 0.4) is 0 Å². The standard InChI is InChI=1S/C11H6F5NO3/c1-19-10(18)7-3-5(9(12)13)2-6(4-17)8(7)20-11(14,15)16/h2-3,9H,1H3. The second-order valence-electron chi connectivity index (χ2n) is 3.40. The molecule has 1 aromatic carbocycles. The second-order valence-corrected chi connectivity index (χ2v) is 3.40. The van der Waals surface area contributed by atoms with Gasteiger partial charge in [-0.2, -0.15) is 5.26 Å². The summed E-state index contributed by atoms with van der Waals surface area (Å²) < 4.78 is 69.6. The Morgan fingerprint density at radius 2 is 1.95 bits per heavy atom. The molecule has 1 aromatic rings. The number of esters is 1. The summed E-state index contributed by atoms with van der Waals surface area (Å²) >= 11 is 0. The van der Waals surface area contributed by atoms with Crippen LogP contribution in [0, 0.1) is 11.3 Å². The molecule has 1 rings (SSSR count). The highest BCUT2D eigenvalue weighted by Crippen LogP contribution is 2.34. The summed E-state index contributed by atoms with van der Waals surface area (Å²) in [6.45, 7) is 0. The molecule has 20 heavy (non-hydrogen) atoms. The third-order valence-electron chi connectivity index (χ3n) is 2.11. The zero-order valence-electron chi connectivity index (χ0n) is 9.79. The smallest absolute Gasteiger partial charge is 0.465 e. The van der Waals surface area contributed by atoms with E-state index in [1.54, 1.807) is 0 Å². The molecule has 0 radical (unpaired) electrons. The molecule has 0 aromatic heterocycles. The molecule has 0 unspecified atom stereocenters. The van der Waals surface area contributed by atoms with Crippen LogP contribution in [-0.2, 0) is 4.74 Å². The first kappa shape index (κ1) is 15.7. The lowest BCUT2D eigenvalue weighted by atomic mass is 10.0. The number of ether oxygens (including phenoxy) is 2. The van der Waals surface area contributed by atoms with E-state index in [4.69, 9.17) is 5.26 Å². The summed E-state index contributed by atoms with van der Waals surface area (Å²) in [6, 6.07) is 2.26. The number of alkyl halides is 5. The fourth-order valence-electron chi connectivity index (χ4n) is 1.35. The van der Waals surface area contributed by atoms with E-state index in [9.17, 15) is 26.7 Å². The van der Waals surface area contributed by atoms with Gasteiger partial charge in [0.15, 0.2) is 5.75 Å². The summed E-state index contributed by atoms with van der Waals surface area (Å²) in [4.78, 5) is 11.3. The van der Waals surface area contributed by atoms with Crippen LogP contribution in [-0.4, -0.2) is 19.4 Å². The maximum Gasteiger partial charge on any atom is 0.573 e. The molecular weight excluding hydrogens is 289 g/mol. The van der Waals surface area contributed by atoms with Gasteiger partial charge < -0.3 is 9.47 Å². The molecule has 0 saturated heterocycles. The fourth-order valence-corrected chi connectivity index (χ4v) is 1.35. The van der Waals surface area contributed by atoms with E-state index in [2.05, 4.69) is 9.47 Å². The molecule has 0 spiro atoms. The summed E-state index contributed by atoms with van der Waals surface area (Å²) in [7, 11) is 0.848. The van der Waals surface area contributed by atoms with Crippen LogP contribution in [0.1, 0.15) is 27.9 Å². The van der Waals surface area contributed by atoms with Crippen LogP contribution in [0.15, 0.2) is 12.1 Å². The molecule has 108 valence electrons. The third kappa shape index (κ3) is 3.57. The molecule has 0 heterocycles. The van der Waals surface area contributed by atoms with E-state index < -0.39 is 41.2 Å². The van der Waals surface area contributed by atoms with Crippen LogP contribution in [0.2, 0.25) is 0 Å². The average Bonchev–Trinajstić information content (AvgIpc) is 2.35. The van der Waals surface area contributed by atoms with Gasteiger partial charge >= 0.3 is 12.3 Å². The number of carbonyl (C=O) groups is 1. The Morgan fingerprint density at radius 3 is 2.35 bits per heavy atom. The number of hydrogen-bond acceptors (Lipinski definition) is 4. The number of nitrogens with zero attached hydrogens (tertiary/aromatic N) is 1. The Bertz CT molecular complexity index is 562. The molecule has 0 bridgehead atoms. The maximum atomic E-state index is 12.6. The topological polar surface area (TPSA) is 59.3 Å². The van der Waals surface area contributed by atoms with Gasteiger partial charge in [-0.05, 0) is 12.1 Å². The first-order valence-electron chi connectivity index (χ1n) is 4.90. The molecule has 0 fully saturated rings. The summed E-state index contributed by atoms with van der Waals surface area (Å²) in [6.07, 6.45) is -8.27. The van der Waals surface area contributed by atoms with Crippen LogP contribution < -0.4 is 4.74 Å². The number of halogens is 5. The largest absolute Gasteiger partial charge is 0.573 e. The Balaban J connectivity index is 3.53. The molecule has 0 aliphatic carbocycles. The van der Waals surface area contributed by atoms with Gasteiger partial charge in [-0.3, -0.25) is 0 Å². The first-order chi connectivity index (χ1) is 9.19. The average molecular weight is 295 g/mol. The molecule has 0 amide bonds. The Hall–Kier alpha value is -2.37. The van der Waals surface area contributed by atoms with Gasteiger partial charge in [-0.1, -0.05) is 0 Å². The van der Waals surface area contributed by atoms with Crippen molar-refractivity contribution in [1.29, 1.82) is 5.26 Å². The lowest BCUT2D eigenvalue weighted by Gasteiger charge is -2.14. The zero-order valence-corrected chi connectivity index (χ0v) is 9.79.